The van der Waals surface area contributed by atoms with Crippen LogP contribution in [0.1, 0.15) is 46.1 Å². The van der Waals surface area contributed by atoms with Gasteiger partial charge < -0.3 is 4.98 Å². The van der Waals surface area contributed by atoms with Crippen LogP contribution in [0.2, 0.25) is 5.82 Å². The molecule has 1 aliphatic rings. The Labute approximate surface area is 123 Å². The molecular weight excluding hydrogens is 241 g/mol. The lowest BCUT2D eigenvalue weighted by molar-refractivity contribution is 0.157. The van der Waals surface area contributed by atoms with E-state index in [0.29, 0.717) is 10.8 Å². The normalized spacial score (nSPS) is 21.4. The summed E-state index contributed by atoms with van der Waals surface area (Å²) >= 11 is 0. The van der Waals surface area contributed by atoms with Crippen LogP contribution >= 0.6 is 0 Å². The molecule has 1 N–H and O–H groups in total. The van der Waals surface area contributed by atoms with Crippen molar-refractivity contribution in [2.45, 2.75) is 53.3 Å². The average molecular weight is 267 g/mol. The molecule has 1 saturated carbocycles. The molecule has 1 aliphatic carbocycles. The van der Waals surface area contributed by atoms with Crippen molar-refractivity contribution < 1.29 is 0 Å². The molecule has 2 aromatic rings. The molecule has 0 bridgehead atoms. The van der Waals surface area contributed by atoms with Crippen molar-refractivity contribution >= 4 is 23.6 Å². The number of hydrogen-bond donors (Lipinski definition) is 1. The maximum atomic E-state index is 3.39. The molecule has 0 unspecified atom stereocenters. The number of aryl methyl sites for hydroxylation is 1. The van der Waals surface area contributed by atoms with Crippen molar-refractivity contribution in [2.75, 3.05) is 0 Å². The monoisotopic (exact) mass is 267 g/mol. The Morgan fingerprint density at radius 2 is 1.75 bits per heavy atom. The SMILES string of the molecule is Cc1c[nH]c2cccc(BC3CC(C)(C)C(C)(C)C3)c12. The van der Waals surface area contributed by atoms with E-state index in [1.165, 1.54) is 42.1 Å². The highest BCUT2D eigenvalue weighted by Gasteiger charge is 2.46. The predicted octanol–water partition coefficient (Wildman–Crippen LogP) is 4.17. The largest absolute Gasteiger partial charge is 0.361 e. The van der Waals surface area contributed by atoms with E-state index < -0.39 is 0 Å². The van der Waals surface area contributed by atoms with Gasteiger partial charge in [-0.05, 0) is 34.8 Å². The summed E-state index contributed by atoms with van der Waals surface area (Å²) in [5, 5.41) is 1.45. The van der Waals surface area contributed by atoms with Gasteiger partial charge in [-0.25, -0.2) is 0 Å². The van der Waals surface area contributed by atoms with Crippen LogP contribution in [-0.2, 0) is 0 Å². The van der Waals surface area contributed by atoms with Gasteiger partial charge >= 0.3 is 0 Å². The summed E-state index contributed by atoms with van der Waals surface area (Å²) in [6.45, 7) is 12.0. The second kappa shape index (κ2) is 4.41. The quantitative estimate of drug-likeness (QED) is 0.786. The zero-order chi connectivity index (χ0) is 14.5. The van der Waals surface area contributed by atoms with Crippen LogP contribution in [0.4, 0.5) is 0 Å². The minimum absolute atomic E-state index is 0.457. The molecule has 106 valence electrons. The third kappa shape index (κ3) is 2.10. The molecule has 1 aromatic carbocycles. The molecule has 20 heavy (non-hydrogen) atoms. The van der Waals surface area contributed by atoms with E-state index in [2.05, 4.69) is 64.0 Å². The minimum Gasteiger partial charge on any atom is -0.361 e. The third-order valence-corrected chi connectivity index (χ3v) is 5.93. The van der Waals surface area contributed by atoms with Crippen LogP contribution in [-0.4, -0.2) is 12.3 Å². The molecule has 1 heterocycles. The van der Waals surface area contributed by atoms with Gasteiger partial charge in [-0.2, -0.15) is 0 Å². The van der Waals surface area contributed by atoms with Crippen LogP contribution in [0.25, 0.3) is 10.9 Å². The predicted molar refractivity (Wildman–Crippen MR) is 90.4 cm³/mol. The van der Waals surface area contributed by atoms with Gasteiger partial charge in [0.25, 0.3) is 0 Å². The van der Waals surface area contributed by atoms with Crippen LogP contribution in [0.3, 0.4) is 0 Å². The van der Waals surface area contributed by atoms with Gasteiger partial charge in [0.1, 0.15) is 0 Å². The lowest BCUT2D eigenvalue weighted by atomic mass is 9.56. The molecule has 1 nitrogen and oxygen atoms in total. The zero-order valence-electron chi connectivity index (χ0n) is 13.5. The maximum Gasteiger partial charge on any atom is 0.161 e. The highest BCUT2D eigenvalue weighted by Crippen LogP contribution is 2.56. The Balaban J connectivity index is 1.90. The summed E-state index contributed by atoms with van der Waals surface area (Å²) in [6, 6.07) is 6.70. The number of nitrogens with one attached hydrogen (secondary N) is 1. The third-order valence-electron chi connectivity index (χ3n) is 5.93. The first-order valence-electron chi connectivity index (χ1n) is 7.86. The van der Waals surface area contributed by atoms with Crippen molar-refractivity contribution in [2.24, 2.45) is 10.8 Å². The lowest BCUT2D eigenvalue weighted by Crippen LogP contribution is -2.25. The maximum absolute atomic E-state index is 3.39. The fourth-order valence-electron chi connectivity index (χ4n) is 4.14. The van der Waals surface area contributed by atoms with Crippen molar-refractivity contribution in [1.82, 2.24) is 4.98 Å². The van der Waals surface area contributed by atoms with E-state index in [1.807, 2.05) is 0 Å². The van der Waals surface area contributed by atoms with Crippen LogP contribution in [0, 0.1) is 17.8 Å². The fraction of sp³-hybridized carbons (Fsp3) is 0.556. The van der Waals surface area contributed by atoms with Crippen molar-refractivity contribution in [3.63, 3.8) is 0 Å². The van der Waals surface area contributed by atoms with E-state index in [0.717, 1.165) is 5.82 Å². The van der Waals surface area contributed by atoms with E-state index in [9.17, 15) is 0 Å². The Hall–Kier alpha value is -1.18. The standard InChI is InChI=1S/C18H26BN/c1-12-11-20-15-8-6-7-14(16(12)15)19-13-9-17(2,3)18(4,5)10-13/h6-8,11,13,19-20H,9-10H2,1-5H3. The number of H-pyrrole nitrogens is 1. The minimum atomic E-state index is 0.457. The molecule has 3 rings (SSSR count). The Morgan fingerprint density at radius 1 is 1.10 bits per heavy atom. The van der Waals surface area contributed by atoms with Crippen LogP contribution in [0.5, 0.6) is 0 Å². The summed E-state index contributed by atoms with van der Waals surface area (Å²) in [5.41, 5.74) is 5.11. The summed E-state index contributed by atoms with van der Waals surface area (Å²) in [7, 11) is 1.23. The number of aromatic nitrogens is 1. The molecule has 0 saturated heterocycles. The zero-order valence-corrected chi connectivity index (χ0v) is 13.5. The lowest BCUT2D eigenvalue weighted by Gasteiger charge is -2.34. The van der Waals surface area contributed by atoms with Crippen molar-refractivity contribution in [1.29, 1.82) is 0 Å². The molecule has 1 fully saturated rings. The van der Waals surface area contributed by atoms with E-state index in [-0.39, 0.29) is 0 Å². The number of aromatic amines is 1. The molecule has 2 heteroatoms. The molecular formula is C18H26BN. The summed E-state index contributed by atoms with van der Waals surface area (Å²) in [6.07, 6.45) is 4.83. The van der Waals surface area contributed by atoms with Gasteiger partial charge in [0, 0.05) is 11.7 Å². The fourth-order valence-corrected chi connectivity index (χ4v) is 4.14. The van der Waals surface area contributed by atoms with Crippen molar-refractivity contribution in [3.8, 4) is 0 Å². The van der Waals surface area contributed by atoms with Gasteiger partial charge in [-0.3, -0.25) is 0 Å². The molecule has 0 spiro atoms. The number of benzene rings is 1. The summed E-state index contributed by atoms with van der Waals surface area (Å²) in [5.74, 6) is 0.819. The van der Waals surface area contributed by atoms with Gasteiger partial charge in [-0.15, -0.1) is 0 Å². The van der Waals surface area contributed by atoms with Gasteiger partial charge in [0.15, 0.2) is 7.28 Å². The molecule has 1 aromatic heterocycles. The Morgan fingerprint density at radius 3 is 2.40 bits per heavy atom. The highest BCUT2D eigenvalue weighted by molar-refractivity contribution is 6.58. The Kier molecular flexibility index (Phi) is 3.04. The topological polar surface area (TPSA) is 15.8 Å². The van der Waals surface area contributed by atoms with E-state index >= 15 is 0 Å². The van der Waals surface area contributed by atoms with Crippen LogP contribution < -0.4 is 5.46 Å². The first-order valence-corrected chi connectivity index (χ1v) is 7.86. The van der Waals surface area contributed by atoms with E-state index in [1.54, 1.807) is 0 Å². The first kappa shape index (κ1) is 13.8. The number of fused-ring (bicyclic) bond motifs is 1. The summed E-state index contributed by atoms with van der Waals surface area (Å²) < 4.78 is 0. The molecule has 0 atom stereocenters. The smallest absolute Gasteiger partial charge is 0.161 e. The molecule has 0 radical (unpaired) electrons. The van der Waals surface area contributed by atoms with Gasteiger partial charge in [-0.1, -0.05) is 63.9 Å². The average Bonchev–Trinajstić information content (AvgIpc) is 2.79. The number of hydrogen-bond acceptors (Lipinski definition) is 0. The Bertz CT molecular complexity index is 620. The summed E-state index contributed by atoms with van der Waals surface area (Å²) in [4.78, 5) is 3.39. The van der Waals surface area contributed by atoms with E-state index in [4.69, 9.17) is 0 Å². The highest BCUT2D eigenvalue weighted by atomic mass is 14.7. The van der Waals surface area contributed by atoms with Crippen molar-refractivity contribution in [3.05, 3.63) is 30.0 Å². The van der Waals surface area contributed by atoms with Gasteiger partial charge in [0.05, 0.1) is 0 Å². The van der Waals surface area contributed by atoms with Gasteiger partial charge in [0.2, 0.25) is 0 Å². The second-order valence-corrected chi connectivity index (χ2v) is 8.06. The second-order valence-electron chi connectivity index (χ2n) is 8.06. The molecule has 0 amide bonds. The van der Waals surface area contributed by atoms with Crippen LogP contribution in [0.15, 0.2) is 24.4 Å². The first-order chi connectivity index (χ1) is 9.30. The number of rotatable bonds is 2. The molecule has 0 aliphatic heterocycles.